The van der Waals surface area contributed by atoms with Gasteiger partial charge in [0.25, 0.3) is 6.43 Å². The van der Waals surface area contributed by atoms with Crippen LogP contribution in [0, 0.1) is 26.2 Å². The van der Waals surface area contributed by atoms with Crippen LogP contribution in [0.5, 0.6) is 5.88 Å². The van der Waals surface area contributed by atoms with E-state index in [2.05, 4.69) is 25.4 Å². The summed E-state index contributed by atoms with van der Waals surface area (Å²) in [6, 6.07) is 9.21. The van der Waals surface area contributed by atoms with Crippen molar-refractivity contribution in [3.8, 4) is 5.88 Å². The molecule has 49 heavy (non-hydrogen) atoms. The first kappa shape index (κ1) is 36.5. The fraction of sp³-hybridized carbons (Fsp3) is 0.471. The van der Waals surface area contributed by atoms with Crippen LogP contribution in [0.2, 0.25) is 6.04 Å². The molecule has 1 aliphatic heterocycles. The van der Waals surface area contributed by atoms with E-state index in [1.807, 2.05) is 25.1 Å². The van der Waals surface area contributed by atoms with Gasteiger partial charge in [-0.2, -0.15) is 4.31 Å². The van der Waals surface area contributed by atoms with Crippen molar-refractivity contribution in [1.29, 1.82) is 0 Å². The van der Waals surface area contributed by atoms with Crippen LogP contribution in [0.25, 0.3) is 5.65 Å². The van der Waals surface area contributed by atoms with Crippen LogP contribution in [-0.4, -0.2) is 80.0 Å². The molecule has 3 radical (unpaired) electrons. The first-order valence-corrected chi connectivity index (χ1v) is 18.1. The number of sulfonamides is 1. The number of alkyl halides is 2. The molecule has 0 bridgehead atoms. The van der Waals surface area contributed by atoms with E-state index in [1.54, 1.807) is 46.0 Å². The number of carboxylic acids is 1. The third-order valence-corrected chi connectivity index (χ3v) is 11.5. The molecule has 4 aromatic rings. The largest absolute Gasteiger partial charge is 0.481 e. The summed E-state index contributed by atoms with van der Waals surface area (Å²) in [7, 11) is -0.393. The van der Waals surface area contributed by atoms with Crippen LogP contribution in [0.4, 0.5) is 8.78 Å². The molecule has 11 nitrogen and oxygen atoms in total. The molecule has 1 aliphatic rings. The Morgan fingerprint density at radius 1 is 1.10 bits per heavy atom. The number of nitrogens with zero attached hydrogens (tertiary/aromatic N) is 5. The molecule has 1 aromatic carbocycles. The number of aromatic nitrogens is 4. The first-order chi connectivity index (χ1) is 23.2. The van der Waals surface area contributed by atoms with Gasteiger partial charge in [0.15, 0.2) is 5.65 Å². The number of halogens is 2. The number of aryl methyl sites for hydroxylation is 3. The predicted octanol–water partition coefficient (Wildman–Crippen LogP) is 5.54. The van der Waals surface area contributed by atoms with Crippen molar-refractivity contribution in [3.63, 3.8) is 0 Å². The van der Waals surface area contributed by atoms with Gasteiger partial charge in [-0.3, -0.25) is 9.20 Å². The standard InChI is InChI=1S/C34H40F2N5O6SSi/c1-20-15-27-32(37-17-20)47-14-13-46-12-6-10-40(48(27,44)45)18-24-16-23(8-7-21(24)2)28(34(4,5)33(42)43)26(19-49)25-9-11-41-30(22(25)3)38-39-31(41)29(35)36/h7-9,11,15-17,26,28-29H,6,10,12-14,18-19H2,1-5H3,(H,42,43)/t26?,28-/m0/s1. The summed E-state index contributed by atoms with van der Waals surface area (Å²) in [5.74, 6) is -2.59. The Morgan fingerprint density at radius 2 is 1.86 bits per heavy atom. The second-order valence-corrected chi connectivity index (χ2v) is 15.2. The zero-order chi connectivity index (χ0) is 35.7. The number of aliphatic carboxylic acids is 1. The Bertz CT molecular complexity index is 1950. The molecule has 1 unspecified atom stereocenters. The average molecular weight is 713 g/mol. The normalized spacial score (nSPS) is 17.2. The monoisotopic (exact) mass is 712 g/mol. The molecule has 2 atom stereocenters. The molecule has 0 saturated heterocycles. The fourth-order valence-electron chi connectivity index (χ4n) is 6.49. The number of hydrogen-bond acceptors (Lipinski definition) is 8. The fourth-order valence-corrected chi connectivity index (χ4v) is 8.57. The van der Waals surface area contributed by atoms with Gasteiger partial charge in [-0.1, -0.05) is 24.2 Å². The third-order valence-electron chi connectivity index (χ3n) is 9.25. The zero-order valence-corrected chi connectivity index (χ0v) is 29.9. The van der Waals surface area contributed by atoms with Gasteiger partial charge in [-0.15, -0.1) is 10.2 Å². The minimum absolute atomic E-state index is 0.00921. The molecule has 0 spiro atoms. The van der Waals surface area contributed by atoms with Crippen molar-refractivity contribution >= 4 is 31.9 Å². The maximum atomic E-state index is 14.2. The van der Waals surface area contributed by atoms with Gasteiger partial charge < -0.3 is 14.6 Å². The average Bonchev–Trinajstić information content (AvgIpc) is 3.49. The Hall–Kier alpha value is -3.79. The number of carbonyl (C=O) groups is 1. The van der Waals surface area contributed by atoms with E-state index in [-0.39, 0.29) is 36.1 Å². The highest BCUT2D eigenvalue weighted by Crippen LogP contribution is 2.49. The summed E-state index contributed by atoms with van der Waals surface area (Å²) in [5, 5.41) is 18.2. The summed E-state index contributed by atoms with van der Waals surface area (Å²) in [6.45, 7) is 9.68. The molecule has 5 rings (SSSR count). The van der Waals surface area contributed by atoms with Gasteiger partial charge in [0.2, 0.25) is 21.7 Å². The van der Waals surface area contributed by atoms with Gasteiger partial charge in [-0.25, -0.2) is 22.2 Å². The Balaban J connectivity index is 1.61. The second-order valence-electron chi connectivity index (χ2n) is 12.9. The minimum atomic E-state index is -4.09. The number of hydrogen-bond donors (Lipinski definition) is 1. The van der Waals surface area contributed by atoms with E-state index in [1.165, 1.54) is 14.9 Å². The summed E-state index contributed by atoms with van der Waals surface area (Å²) >= 11 is 0. The topological polar surface area (TPSA) is 136 Å². The van der Waals surface area contributed by atoms with Crippen LogP contribution in [0.1, 0.15) is 77.7 Å². The van der Waals surface area contributed by atoms with Gasteiger partial charge in [-0.05, 0) is 92.5 Å². The van der Waals surface area contributed by atoms with Crippen molar-refractivity contribution in [2.75, 3.05) is 26.4 Å². The van der Waals surface area contributed by atoms with Crippen molar-refractivity contribution < 1.29 is 36.6 Å². The number of carboxylic acid groups (broad SMARTS) is 1. The van der Waals surface area contributed by atoms with Crippen molar-refractivity contribution in [2.24, 2.45) is 5.41 Å². The molecular formula is C34H40F2N5O6SSi. The lowest BCUT2D eigenvalue weighted by molar-refractivity contribution is -0.148. The SMILES string of the molecule is Cc1cnc2c(c1)S(=O)(=O)N(Cc1cc([C@@H](C(C[Si])c3ccn4c(C(F)F)nnc4c3C)C(C)(C)C(=O)O)ccc1C)CCCOCCO2. The highest BCUT2D eigenvalue weighted by molar-refractivity contribution is 7.89. The van der Waals surface area contributed by atoms with Gasteiger partial charge >= 0.3 is 5.97 Å². The van der Waals surface area contributed by atoms with E-state index in [4.69, 9.17) is 9.47 Å². The van der Waals surface area contributed by atoms with Gasteiger partial charge in [0, 0.05) is 48.3 Å². The molecule has 0 amide bonds. The summed E-state index contributed by atoms with van der Waals surface area (Å²) in [4.78, 5) is 17.1. The predicted molar refractivity (Wildman–Crippen MR) is 179 cm³/mol. The molecule has 15 heteroatoms. The maximum absolute atomic E-state index is 14.2. The third kappa shape index (κ3) is 7.25. The molecule has 0 saturated carbocycles. The van der Waals surface area contributed by atoms with E-state index < -0.39 is 45.5 Å². The van der Waals surface area contributed by atoms with Crippen molar-refractivity contribution in [1.82, 2.24) is 23.9 Å². The molecule has 0 aliphatic carbocycles. The number of pyridine rings is 2. The summed E-state index contributed by atoms with van der Waals surface area (Å²) in [6.07, 6.45) is 0.671. The Morgan fingerprint density at radius 3 is 2.55 bits per heavy atom. The number of fused-ring (bicyclic) bond motifs is 2. The molecule has 3 aromatic heterocycles. The highest BCUT2D eigenvalue weighted by Gasteiger charge is 2.43. The summed E-state index contributed by atoms with van der Waals surface area (Å²) in [5.41, 5.74) is 3.15. The van der Waals surface area contributed by atoms with E-state index in [0.717, 1.165) is 11.1 Å². The van der Waals surface area contributed by atoms with Crippen LogP contribution in [0.15, 0.2) is 47.6 Å². The summed E-state index contributed by atoms with van der Waals surface area (Å²) < 4.78 is 69.7. The minimum Gasteiger partial charge on any atom is -0.481 e. The van der Waals surface area contributed by atoms with Gasteiger partial charge in [0.05, 0.1) is 12.0 Å². The van der Waals surface area contributed by atoms with E-state index in [9.17, 15) is 27.1 Å². The Kier molecular flexibility index (Phi) is 10.9. The van der Waals surface area contributed by atoms with Crippen LogP contribution < -0.4 is 4.74 Å². The molecule has 4 heterocycles. The molecule has 1 N–H and O–H groups in total. The second kappa shape index (κ2) is 14.6. The highest BCUT2D eigenvalue weighted by atomic mass is 32.2. The molecule has 261 valence electrons. The lowest BCUT2D eigenvalue weighted by Gasteiger charge is -2.38. The van der Waals surface area contributed by atoms with Crippen LogP contribution in [-0.2, 0) is 26.1 Å². The van der Waals surface area contributed by atoms with Crippen LogP contribution >= 0.6 is 0 Å². The smallest absolute Gasteiger partial charge is 0.309 e. The molecule has 0 fully saturated rings. The maximum Gasteiger partial charge on any atom is 0.309 e. The van der Waals surface area contributed by atoms with E-state index in [0.29, 0.717) is 47.9 Å². The van der Waals surface area contributed by atoms with Crippen molar-refractivity contribution in [3.05, 3.63) is 81.9 Å². The van der Waals surface area contributed by atoms with Gasteiger partial charge in [0.1, 0.15) is 11.5 Å². The lowest BCUT2D eigenvalue weighted by Crippen LogP contribution is -2.36. The lowest BCUT2D eigenvalue weighted by atomic mass is 9.66. The van der Waals surface area contributed by atoms with Crippen LogP contribution in [0.3, 0.4) is 0 Å². The number of benzene rings is 1. The number of rotatable bonds is 9. The quantitative estimate of drug-likeness (QED) is 0.222. The Labute approximate surface area is 288 Å². The van der Waals surface area contributed by atoms with Crippen molar-refractivity contribution in [2.45, 2.75) is 76.8 Å². The zero-order valence-electron chi connectivity index (χ0n) is 28.1. The van der Waals surface area contributed by atoms with E-state index >= 15 is 0 Å². The molecular weight excluding hydrogens is 673 g/mol. The first-order valence-electron chi connectivity index (χ1n) is 16.0. The number of ether oxygens (including phenoxy) is 2.